The normalized spacial score (nSPS) is 12.2. The molecule has 0 unspecified atom stereocenters. The number of rotatable bonds is 5. The summed E-state index contributed by atoms with van der Waals surface area (Å²) < 4.78 is 0.935. The molecule has 106 valence electrons. The molecule has 0 aliphatic rings. The molecule has 2 aromatic rings. The molecule has 1 atom stereocenters. The minimum Gasteiger partial charge on any atom is -0.389 e. The van der Waals surface area contributed by atoms with Gasteiger partial charge in [-0.25, -0.2) is 0 Å². The maximum absolute atomic E-state index is 9.67. The molecule has 1 heterocycles. The highest BCUT2D eigenvalue weighted by Crippen LogP contribution is 2.28. The van der Waals surface area contributed by atoms with Gasteiger partial charge >= 0.3 is 0 Å². The lowest BCUT2D eigenvalue weighted by molar-refractivity contribution is 0.198. The molecule has 1 aromatic heterocycles. The number of hydrogen-bond acceptors (Lipinski definition) is 3. The molecular formula is C16H19BrN2O. The zero-order valence-electron chi connectivity index (χ0n) is 11.8. The maximum atomic E-state index is 9.67. The van der Waals surface area contributed by atoms with Crippen molar-refractivity contribution in [3.8, 4) is 0 Å². The van der Waals surface area contributed by atoms with Crippen LogP contribution in [0.25, 0.3) is 0 Å². The second-order valence-corrected chi connectivity index (χ2v) is 5.57. The Morgan fingerprint density at radius 3 is 2.65 bits per heavy atom. The van der Waals surface area contributed by atoms with Crippen molar-refractivity contribution in [1.29, 1.82) is 0 Å². The van der Waals surface area contributed by atoms with Gasteiger partial charge < -0.3 is 10.0 Å². The number of aliphatic hydroxyl groups excluding tert-OH is 1. The van der Waals surface area contributed by atoms with E-state index in [4.69, 9.17) is 0 Å². The van der Waals surface area contributed by atoms with Crippen LogP contribution in [0.2, 0.25) is 0 Å². The zero-order chi connectivity index (χ0) is 14.5. The highest BCUT2D eigenvalue weighted by atomic mass is 79.9. The third-order valence-corrected chi connectivity index (χ3v) is 3.95. The minimum absolute atomic E-state index is 0.468. The molecule has 0 aliphatic heterocycles. The topological polar surface area (TPSA) is 36.4 Å². The number of aliphatic hydroxyl groups is 1. The largest absolute Gasteiger partial charge is 0.389 e. The number of nitrogens with zero attached hydrogens (tertiary/aromatic N) is 2. The van der Waals surface area contributed by atoms with E-state index in [-0.39, 0.29) is 0 Å². The Hall–Kier alpha value is -1.39. The summed E-state index contributed by atoms with van der Waals surface area (Å²) in [4.78, 5) is 6.62. The Morgan fingerprint density at radius 2 is 2.10 bits per heavy atom. The molecule has 3 nitrogen and oxygen atoms in total. The summed E-state index contributed by atoms with van der Waals surface area (Å²) in [5, 5.41) is 9.67. The second kappa shape index (κ2) is 6.86. The van der Waals surface area contributed by atoms with E-state index in [1.807, 2.05) is 36.5 Å². The molecule has 4 heteroatoms. The summed E-state index contributed by atoms with van der Waals surface area (Å²) >= 11 is 3.53. The molecule has 0 spiro atoms. The van der Waals surface area contributed by atoms with Crippen LogP contribution in [0, 0.1) is 0 Å². The van der Waals surface area contributed by atoms with Gasteiger partial charge in [0.05, 0.1) is 18.3 Å². The van der Waals surface area contributed by atoms with Crippen molar-refractivity contribution in [2.75, 3.05) is 11.4 Å². The monoisotopic (exact) mass is 334 g/mol. The molecule has 0 amide bonds. The van der Waals surface area contributed by atoms with Gasteiger partial charge in [-0.1, -0.05) is 28.1 Å². The Balaban J connectivity index is 2.22. The van der Waals surface area contributed by atoms with E-state index >= 15 is 0 Å². The number of benzene rings is 1. The van der Waals surface area contributed by atoms with Crippen LogP contribution in [0.1, 0.15) is 31.2 Å². The first-order valence-electron chi connectivity index (χ1n) is 6.74. The first-order valence-corrected chi connectivity index (χ1v) is 7.53. The minimum atomic E-state index is -0.468. The van der Waals surface area contributed by atoms with Crippen LogP contribution in [0.4, 0.5) is 5.69 Å². The number of anilines is 1. The summed E-state index contributed by atoms with van der Waals surface area (Å²) in [6.07, 6.45) is 1.35. The third kappa shape index (κ3) is 3.58. The molecule has 1 N–H and O–H groups in total. The van der Waals surface area contributed by atoms with Gasteiger partial charge in [-0.15, -0.1) is 0 Å². The van der Waals surface area contributed by atoms with Gasteiger partial charge in [-0.05, 0) is 43.7 Å². The zero-order valence-corrected chi connectivity index (χ0v) is 13.3. The summed E-state index contributed by atoms with van der Waals surface area (Å²) in [5.74, 6) is 0. The van der Waals surface area contributed by atoms with E-state index in [1.165, 1.54) is 0 Å². The quantitative estimate of drug-likeness (QED) is 0.900. The average Bonchev–Trinajstić information content (AvgIpc) is 2.45. The van der Waals surface area contributed by atoms with Gasteiger partial charge in [-0.3, -0.25) is 4.98 Å². The Kier molecular flexibility index (Phi) is 5.15. The summed E-state index contributed by atoms with van der Waals surface area (Å²) in [6.45, 7) is 5.57. The molecule has 0 fully saturated rings. The SMILES string of the molecule is CCN(Cc1ccccn1)c1ccc([C@@H](C)O)c(Br)c1. The fourth-order valence-electron chi connectivity index (χ4n) is 2.12. The van der Waals surface area contributed by atoms with Crippen molar-refractivity contribution in [3.63, 3.8) is 0 Å². The lowest BCUT2D eigenvalue weighted by Crippen LogP contribution is -2.22. The van der Waals surface area contributed by atoms with Gasteiger partial charge in [0.25, 0.3) is 0 Å². The van der Waals surface area contributed by atoms with Gasteiger partial charge in [-0.2, -0.15) is 0 Å². The number of halogens is 1. The van der Waals surface area contributed by atoms with E-state index in [9.17, 15) is 5.11 Å². The van der Waals surface area contributed by atoms with Gasteiger partial charge in [0.1, 0.15) is 0 Å². The van der Waals surface area contributed by atoms with Crippen LogP contribution >= 0.6 is 15.9 Å². The van der Waals surface area contributed by atoms with Gasteiger partial charge in [0.15, 0.2) is 0 Å². The van der Waals surface area contributed by atoms with E-state index < -0.39 is 6.10 Å². The van der Waals surface area contributed by atoms with E-state index in [0.29, 0.717) is 0 Å². The summed E-state index contributed by atoms with van der Waals surface area (Å²) in [6, 6.07) is 12.0. The molecular weight excluding hydrogens is 316 g/mol. The molecule has 0 aliphatic carbocycles. The lowest BCUT2D eigenvalue weighted by atomic mass is 10.1. The first kappa shape index (κ1) is 15.0. The van der Waals surface area contributed by atoms with Crippen LogP contribution in [0.5, 0.6) is 0 Å². The number of aromatic nitrogens is 1. The van der Waals surface area contributed by atoms with Crippen molar-refractivity contribution < 1.29 is 5.11 Å². The van der Waals surface area contributed by atoms with Gasteiger partial charge in [0, 0.05) is 22.9 Å². The van der Waals surface area contributed by atoms with Gasteiger partial charge in [0.2, 0.25) is 0 Å². The summed E-state index contributed by atoms with van der Waals surface area (Å²) in [7, 11) is 0. The Bertz CT molecular complexity index is 558. The van der Waals surface area contributed by atoms with Crippen molar-refractivity contribution >= 4 is 21.6 Å². The fraction of sp³-hybridized carbons (Fsp3) is 0.312. The Morgan fingerprint density at radius 1 is 1.30 bits per heavy atom. The van der Waals surface area contributed by atoms with E-state index in [0.717, 1.165) is 34.5 Å². The summed E-state index contributed by atoms with van der Waals surface area (Å²) in [5.41, 5.74) is 3.07. The molecule has 1 aromatic carbocycles. The smallest absolute Gasteiger partial charge is 0.0772 e. The second-order valence-electron chi connectivity index (χ2n) is 4.72. The highest BCUT2D eigenvalue weighted by molar-refractivity contribution is 9.10. The molecule has 0 saturated heterocycles. The highest BCUT2D eigenvalue weighted by Gasteiger charge is 2.11. The molecule has 20 heavy (non-hydrogen) atoms. The number of hydrogen-bond donors (Lipinski definition) is 1. The van der Waals surface area contributed by atoms with Crippen molar-refractivity contribution in [2.45, 2.75) is 26.5 Å². The van der Waals surface area contributed by atoms with Crippen LogP contribution in [-0.4, -0.2) is 16.6 Å². The predicted octanol–water partition coefficient (Wildman–Crippen LogP) is 3.92. The number of pyridine rings is 1. The van der Waals surface area contributed by atoms with Crippen molar-refractivity contribution in [2.24, 2.45) is 0 Å². The standard InChI is InChI=1S/C16H19BrN2O/c1-3-19(11-13-6-4-5-9-18-13)14-7-8-15(12(2)20)16(17)10-14/h4-10,12,20H,3,11H2,1-2H3/t12-/m1/s1. The fourth-order valence-corrected chi connectivity index (χ4v) is 2.82. The van der Waals surface area contributed by atoms with Crippen LogP contribution < -0.4 is 4.90 Å². The van der Waals surface area contributed by atoms with E-state index in [1.54, 1.807) is 6.92 Å². The van der Waals surface area contributed by atoms with E-state index in [2.05, 4.69) is 38.8 Å². The average molecular weight is 335 g/mol. The Labute approximate surface area is 128 Å². The molecule has 0 bridgehead atoms. The van der Waals surface area contributed by atoms with Crippen molar-refractivity contribution in [1.82, 2.24) is 4.98 Å². The molecule has 0 radical (unpaired) electrons. The first-order chi connectivity index (χ1) is 9.61. The maximum Gasteiger partial charge on any atom is 0.0772 e. The van der Waals surface area contributed by atoms with Crippen molar-refractivity contribution in [3.05, 3.63) is 58.3 Å². The van der Waals surface area contributed by atoms with Crippen LogP contribution in [0.15, 0.2) is 47.1 Å². The third-order valence-electron chi connectivity index (χ3n) is 3.26. The van der Waals surface area contributed by atoms with Crippen LogP contribution in [0.3, 0.4) is 0 Å². The lowest BCUT2D eigenvalue weighted by Gasteiger charge is -2.23. The predicted molar refractivity (Wildman–Crippen MR) is 85.7 cm³/mol. The molecule has 0 saturated carbocycles. The van der Waals surface area contributed by atoms with Crippen LogP contribution in [-0.2, 0) is 6.54 Å². The molecule has 2 rings (SSSR count).